The quantitative estimate of drug-likeness (QED) is 0.747. The fourth-order valence-corrected chi connectivity index (χ4v) is 2.68. The Bertz CT molecular complexity index is 626. The van der Waals surface area contributed by atoms with E-state index in [0.29, 0.717) is 0 Å². The van der Waals surface area contributed by atoms with Gasteiger partial charge in [0.15, 0.2) is 5.84 Å². The number of nitrogens with one attached hydrogen (secondary N) is 1. The van der Waals surface area contributed by atoms with Crippen LogP contribution in [0, 0.1) is 0 Å². The van der Waals surface area contributed by atoms with Crippen LogP contribution in [-0.4, -0.2) is 23.5 Å². The van der Waals surface area contributed by atoms with E-state index in [0.717, 1.165) is 18.1 Å². The average Bonchev–Trinajstić information content (AvgIpc) is 2.78. The predicted molar refractivity (Wildman–Crippen MR) is 71.8 cm³/mol. The van der Waals surface area contributed by atoms with Crippen LogP contribution in [0.5, 0.6) is 0 Å². The van der Waals surface area contributed by atoms with E-state index in [2.05, 4.69) is 44.7 Å². The maximum atomic E-state index is 4.53. The second-order valence-electron chi connectivity index (χ2n) is 4.69. The third-order valence-electron chi connectivity index (χ3n) is 3.60. The first-order valence-corrected chi connectivity index (χ1v) is 5.98. The first-order chi connectivity index (χ1) is 8.87. The summed E-state index contributed by atoms with van der Waals surface area (Å²) in [7, 11) is 0. The lowest BCUT2D eigenvalue weighted by Crippen LogP contribution is -2.44. The van der Waals surface area contributed by atoms with Gasteiger partial charge in [0.25, 0.3) is 0 Å². The lowest BCUT2D eigenvalue weighted by molar-refractivity contribution is 0.469. The Morgan fingerprint density at radius 3 is 3.22 bits per heavy atom. The molecule has 3 aliphatic heterocycles. The molecule has 4 rings (SSSR count). The van der Waals surface area contributed by atoms with Gasteiger partial charge < -0.3 is 4.90 Å². The van der Waals surface area contributed by atoms with Gasteiger partial charge in [-0.1, -0.05) is 24.3 Å². The summed E-state index contributed by atoms with van der Waals surface area (Å²) in [6.45, 7) is 0.848. The van der Waals surface area contributed by atoms with Gasteiger partial charge in [-0.3, -0.25) is 10.4 Å². The van der Waals surface area contributed by atoms with E-state index in [1.165, 1.54) is 5.56 Å². The molecule has 0 aromatic heterocycles. The normalized spacial score (nSPS) is 26.9. The van der Waals surface area contributed by atoms with Gasteiger partial charge in [0.2, 0.25) is 0 Å². The zero-order valence-electron chi connectivity index (χ0n) is 9.74. The molecule has 1 unspecified atom stereocenters. The van der Waals surface area contributed by atoms with Crippen molar-refractivity contribution >= 4 is 17.7 Å². The van der Waals surface area contributed by atoms with Gasteiger partial charge >= 0.3 is 0 Å². The molecular weight excluding hydrogens is 224 g/mol. The summed E-state index contributed by atoms with van der Waals surface area (Å²) in [6, 6.07) is 8.31. The van der Waals surface area contributed by atoms with Crippen molar-refractivity contribution in [3.8, 4) is 0 Å². The van der Waals surface area contributed by atoms with Crippen LogP contribution in [0.25, 0.3) is 0 Å². The second-order valence-corrected chi connectivity index (χ2v) is 4.69. The highest BCUT2D eigenvalue weighted by molar-refractivity contribution is 5.99. The molecule has 1 aromatic rings. The molecule has 4 nitrogen and oxygen atoms in total. The minimum absolute atomic E-state index is 0.114. The van der Waals surface area contributed by atoms with Crippen molar-refractivity contribution in [1.29, 1.82) is 0 Å². The van der Waals surface area contributed by atoms with Gasteiger partial charge in [0.05, 0.1) is 11.1 Å². The van der Waals surface area contributed by atoms with E-state index in [9.17, 15) is 0 Å². The molecule has 0 aliphatic carbocycles. The summed E-state index contributed by atoms with van der Waals surface area (Å²) in [4.78, 5) is 6.67. The van der Waals surface area contributed by atoms with Gasteiger partial charge in [-0.05, 0) is 17.7 Å². The van der Waals surface area contributed by atoms with Crippen LogP contribution in [0.15, 0.2) is 58.9 Å². The van der Waals surface area contributed by atoms with Crippen LogP contribution >= 0.6 is 0 Å². The predicted octanol–water partition coefficient (Wildman–Crippen LogP) is 1.90. The standard InChI is InChI=1S/C14H12N4/c1-2-4-12-11(3-1)14(9-15-12)6-5-13-17-16-7-8-18(13)10-14/h1-9,16H,10H2. The largest absolute Gasteiger partial charge is 0.329 e. The number of nitrogens with zero attached hydrogens (tertiary/aromatic N) is 3. The van der Waals surface area contributed by atoms with Crippen LogP contribution in [-0.2, 0) is 5.41 Å². The van der Waals surface area contributed by atoms with Crippen molar-refractivity contribution in [3.05, 3.63) is 54.4 Å². The van der Waals surface area contributed by atoms with Gasteiger partial charge in [-0.25, -0.2) is 0 Å². The van der Waals surface area contributed by atoms with Crippen molar-refractivity contribution in [2.45, 2.75) is 5.41 Å². The SMILES string of the molecule is C1=CN2CC3(C=CC2=NN1)C=Nc1ccccc13. The average molecular weight is 236 g/mol. The maximum Gasteiger partial charge on any atom is 0.152 e. The molecule has 0 bridgehead atoms. The summed E-state index contributed by atoms with van der Waals surface area (Å²) >= 11 is 0. The highest BCUT2D eigenvalue weighted by Gasteiger charge is 2.38. The fourth-order valence-electron chi connectivity index (χ4n) is 2.68. The number of amidine groups is 1. The Morgan fingerprint density at radius 2 is 2.22 bits per heavy atom. The zero-order valence-corrected chi connectivity index (χ0v) is 9.74. The minimum Gasteiger partial charge on any atom is -0.329 e. The third kappa shape index (κ3) is 1.20. The molecule has 0 saturated heterocycles. The summed E-state index contributed by atoms with van der Waals surface area (Å²) in [6.07, 6.45) is 10.1. The van der Waals surface area contributed by atoms with Crippen LogP contribution in [0.3, 0.4) is 0 Å². The molecule has 0 fully saturated rings. The molecule has 0 saturated carbocycles. The lowest BCUT2D eigenvalue weighted by atomic mass is 9.80. The van der Waals surface area contributed by atoms with Crippen LogP contribution in [0.1, 0.15) is 5.56 Å². The highest BCUT2D eigenvalue weighted by atomic mass is 15.4. The molecule has 3 aliphatic rings. The van der Waals surface area contributed by atoms with E-state index in [1.54, 1.807) is 0 Å². The summed E-state index contributed by atoms with van der Waals surface area (Å²) < 4.78 is 0. The summed E-state index contributed by atoms with van der Waals surface area (Å²) in [5, 5.41) is 4.24. The van der Waals surface area contributed by atoms with Crippen LogP contribution in [0.2, 0.25) is 0 Å². The van der Waals surface area contributed by atoms with Crippen molar-refractivity contribution in [2.24, 2.45) is 10.1 Å². The van der Waals surface area contributed by atoms with Crippen molar-refractivity contribution in [3.63, 3.8) is 0 Å². The van der Waals surface area contributed by atoms with E-state index in [-0.39, 0.29) is 5.41 Å². The summed E-state index contributed by atoms with van der Waals surface area (Å²) in [5.41, 5.74) is 5.09. The van der Waals surface area contributed by atoms with Gasteiger partial charge in [-0.15, -0.1) is 0 Å². The van der Waals surface area contributed by atoms with Crippen LogP contribution in [0.4, 0.5) is 5.69 Å². The number of para-hydroxylation sites is 1. The monoisotopic (exact) mass is 236 g/mol. The first kappa shape index (κ1) is 9.65. The molecule has 1 N–H and O–H groups in total. The molecule has 1 aromatic carbocycles. The fraction of sp³-hybridized carbons (Fsp3) is 0.143. The zero-order chi connectivity index (χ0) is 12.0. The number of rotatable bonds is 0. The molecule has 3 heterocycles. The van der Waals surface area contributed by atoms with Crippen LogP contribution < -0.4 is 5.43 Å². The lowest BCUT2D eigenvalue weighted by Gasteiger charge is -2.36. The van der Waals surface area contributed by atoms with Gasteiger partial charge in [0.1, 0.15) is 0 Å². The van der Waals surface area contributed by atoms with Gasteiger partial charge in [0, 0.05) is 25.2 Å². The Labute approximate surface area is 105 Å². The molecule has 1 spiro atoms. The topological polar surface area (TPSA) is 40.0 Å². The molecular formula is C14H12N4. The van der Waals surface area contributed by atoms with Gasteiger partial charge in [-0.2, -0.15) is 5.10 Å². The maximum absolute atomic E-state index is 4.53. The second kappa shape index (κ2) is 3.32. The number of hydrogen-bond acceptors (Lipinski definition) is 4. The number of hydrogen-bond donors (Lipinski definition) is 1. The molecule has 0 radical (unpaired) electrons. The number of aliphatic imine (C=N–C) groups is 1. The molecule has 0 amide bonds. The third-order valence-corrected chi connectivity index (χ3v) is 3.60. The Hall–Kier alpha value is -2.36. The smallest absolute Gasteiger partial charge is 0.152 e. The van der Waals surface area contributed by atoms with Crippen molar-refractivity contribution in [1.82, 2.24) is 10.3 Å². The van der Waals surface area contributed by atoms with E-state index >= 15 is 0 Å². The number of fused-ring (bicyclic) bond motifs is 3. The highest BCUT2D eigenvalue weighted by Crippen LogP contribution is 2.40. The molecule has 18 heavy (non-hydrogen) atoms. The minimum atomic E-state index is -0.114. The Balaban J connectivity index is 1.84. The summed E-state index contributed by atoms with van der Waals surface area (Å²) in [5.74, 6) is 0.945. The first-order valence-electron chi connectivity index (χ1n) is 5.98. The molecule has 1 atom stereocenters. The number of hydrazone groups is 1. The van der Waals surface area contributed by atoms with E-state index in [4.69, 9.17) is 0 Å². The number of benzene rings is 1. The Morgan fingerprint density at radius 1 is 1.28 bits per heavy atom. The Kier molecular flexibility index (Phi) is 1.78. The van der Waals surface area contributed by atoms with Crippen molar-refractivity contribution < 1.29 is 0 Å². The van der Waals surface area contributed by atoms with E-state index < -0.39 is 0 Å². The van der Waals surface area contributed by atoms with E-state index in [1.807, 2.05) is 30.8 Å². The van der Waals surface area contributed by atoms with Crippen molar-refractivity contribution in [2.75, 3.05) is 6.54 Å². The molecule has 88 valence electrons. The molecule has 4 heteroatoms.